The molecule has 7 heteroatoms. The second kappa shape index (κ2) is 4.54. The summed E-state index contributed by atoms with van der Waals surface area (Å²) in [6.07, 6.45) is 4.07. The highest BCUT2D eigenvalue weighted by atomic mass is 32.1. The van der Waals surface area contributed by atoms with Gasteiger partial charge in [0.25, 0.3) is 5.91 Å². The van der Waals surface area contributed by atoms with Crippen molar-refractivity contribution >= 4 is 43.9 Å². The number of amides is 1. The van der Waals surface area contributed by atoms with E-state index in [0.29, 0.717) is 17.5 Å². The highest BCUT2D eigenvalue weighted by Gasteiger charge is 2.33. The van der Waals surface area contributed by atoms with Crippen molar-refractivity contribution in [1.29, 1.82) is 0 Å². The van der Waals surface area contributed by atoms with Gasteiger partial charge in [0.2, 0.25) is 0 Å². The number of thiophene rings is 1. The third-order valence-electron chi connectivity index (χ3n) is 3.54. The lowest BCUT2D eigenvalue weighted by molar-refractivity contribution is 0.0712. The zero-order valence-electron chi connectivity index (χ0n) is 10.7. The first-order chi connectivity index (χ1) is 9.78. The Hall–Kier alpha value is -1.44. The van der Waals surface area contributed by atoms with Gasteiger partial charge < -0.3 is 10.0 Å². The first-order valence-corrected chi connectivity index (χ1v) is 8.24. The number of carbonyl (C=O) groups excluding carboxylic acids is 1. The molecule has 0 atom stereocenters. The first kappa shape index (κ1) is 12.3. The fourth-order valence-corrected chi connectivity index (χ4v) is 4.19. The fraction of sp³-hybridized carbons (Fsp3) is 0.385. The largest absolute Gasteiger partial charge is 0.395 e. The van der Waals surface area contributed by atoms with Crippen molar-refractivity contribution in [3.8, 4) is 0 Å². The van der Waals surface area contributed by atoms with Gasteiger partial charge >= 0.3 is 0 Å². The molecule has 1 amide bonds. The van der Waals surface area contributed by atoms with Crippen LogP contribution in [0.4, 0.5) is 0 Å². The number of carbonyl (C=O) groups is 1. The molecule has 0 bridgehead atoms. The molecule has 5 nitrogen and oxygen atoms in total. The van der Waals surface area contributed by atoms with Crippen molar-refractivity contribution in [3.63, 3.8) is 0 Å². The van der Waals surface area contributed by atoms with Gasteiger partial charge in [0.05, 0.1) is 17.0 Å². The van der Waals surface area contributed by atoms with Crippen LogP contribution in [-0.2, 0) is 0 Å². The second-order valence-electron chi connectivity index (χ2n) is 4.92. The standard InChI is InChI=1S/C13H13N3O2S2/c17-5-3-15(8-1-2-8)12(18)10-7-9-11(20-10)14-13-16(9)4-6-19-13/h4,6-8,17H,1-3,5H2. The smallest absolute Gasteiger partial charge is 0.264 e. The maximum absolute atomic E-state index is 12.5. The van der Waals surface area contributed by atoms with Crippen LogP contribution < -0.4 is 0 Å². The Labute approximate surface area is 123 Å². The van der Waals surface area contributed by atoms with Gasteiger partial charge in [0.15, 0.2) is 4.96 Å². The van der Waals surface area contributed by atoms with Crippen molar-refractivity contribution < 1.29 is 9.90 Å². The van der Waals surface area contributed by atoms with E-state index in [1.54, 1.807) is 16.2 Å². The van der Waals surface area contributed by atoms with Crippen molar-refractivity contribution in [2.45, 2.75) is 18.9 Å². The first-order valence-electron chi connectivity index (χ1n) is 6.55. The highest BCUT2D eigenvalue weighted by Crippen LogP contribution is 2.32. The molecule has 0 aliphatic heterocycles. The molecule has 0 saturated heterocycles. The molecule has 3 aromatic heterocycles. The number of imidazole rings is 1. The number of aliphatic hydroxyl groups is 1. The van der Waals surface area contributed by atoms with Crippen LogP contribution in [0, 0.1) is 0 Å². The van der Waals surface area contributed by atoms with E-state index in [9.17, 15) is 4.79 Å². The third-order valence-corrected chi connectivity index (χ3v) is 5.30. The number of fused-ring (bicyclic) bond motifs is 3. The Bertz CT molecular complexity index is 784. The summed E-state index contributed by atoms with van der Waals surface area (Å²) in [6, 6.07) is 2.23. The van der Waals surface area contributed by atoms with Gasteiger partial charge in [-0.2, -0.15) is 0 Å². The molecular formula is C13H13N3O2S2. The topological polar surface area (TPSA) is 57.8 Å². The molecule has 104 valence electrons. The van der Waals surface area contributed by atoms with Gasteiger partial charge in [-0.3, -0.25) is 9.20 Å². The summed E-state index contributed by atoms with van der Waals surface area (Å²) < 4.78 is 2.01. The van der Waals surface area contributed by atoms with E-state index in [1.807, 2.05) is 22.0 Å². The van der Waals surface area contributed by atoms with E-state index in [0.717, 1.165) is 28.1 Å². The van der Waals surface area contributed by atoms with Crippen LogP contribution in [0.1, 0.15) is 22.5 Å². The van der Waals surface area contributed by atoms with Gasteiger partial charge in [-0.05, 0) is 18.9 Å². The average molecular weight is 307 g/mol. The summed E-state index contributed by atoms with van der Waals surface area (Å²) in [6.45, 7) is 0.432. The summed E-state index contributed by atoms with van der Waals surface area (Å²) in [5.41, 5.74) is 0.995. The highest BCUT2D eigenvalue weighted by molar-refractivity contribution is 7.21. The molecule has 0 radical (unpaired) electrons. The number of rotatable bonds is 4. The SMILES string of the molecule is O=C(c1cc2c(nc3sccn32)s1)N(CCO)C1CC1. The molecule has 4 rings (SSSR count). The predicted octanol–water partition coefficient (Wildman–Crippen LogP) is 2.21. The molecule has 3 aromatic rings. The monoisotopic (exact) mass is 307 g/mol. The minimum absolute atomic E-state index is 0.0150. The molecule has 0 spiro atoms. The van der Waals surface area contributed by atoms with Crippen LogP contribution in [-0.4, -0.2) is 44.5 Å². The molecule has 1 fully saturated rings. The Kier molecular flexibility index (Phi) is 2.80. The minimum Gasteiger partial charge on any atom is -0.395 e. The zero-order chi connectivity index (χ0) is 13.7. The van der Waals surface area contributed by atoms with Crippen molar-refractivity contribution in [3.05, 3.63) is 22.5 Å². The summed E-state index contributed by atoms with van der Waals surface area (Å²) >= 11 is 3.03. The molecule has 0 unspecified atom stereocenters. The normalized spacial score (nSPS) is 15.2. The Morgan fingerprint density at radius 1 is 1.55 bits per heavy atom. The number of aliphatic hydroxyl groups excluding tert-OH is 1. The molecule has 1 saturated carbocycles. The Morgan fingerprint density at radius 3 is 3.15 bits per heavy atom. The molecule has 1 aliphatic rings. The molecule has 20 heavy (non-hydrogen) atoms. The van der Waals surface area contributed by atoms with E-state index >= 15 is 0 Å². The van der Waals surface area contributed by atoms with Gasteiger partial charge in [0.1, 0.15) is 4.83 Å². The molecule has 0 aromatic carbocycles. The van der Waals surface area contributed by atoms with Crippen molar-refractivity contribution in [2.75, 3.05) is 13.2 Å². The third kappa shape index (κ3) is 1.85. The second-order valence-corrected chi connectivity index (χ2v) is 6.83. The van der Waals surface area contributed by atoms with E-state index in [4.69, 9.17) is 5.11 Å². The van der Waals surface area contributed by atoms with Gasteiger partial charge in [-0.25, -0.2) is 4.98 Å². The Balaban J connectivity index is 1.72. The van der Waals surface area contributed by atoms with E-state index < -0.39 is 0 Å². The van der Waals surface area contributed by atoms with E-state index in [2.05, 4.69) is 4.98 Å². The quantitative estimate of drug-likeness (QED) is 0.804. The fourth-order valence-electron chi connectivity index (χ4n) is 2.44. The minimum atomic E-state index is 0.0150. The summed E-state index contributed by atoms with van der Waals surface area (Å²) in [7, 11) is 0. The van der Waals surface area contributed by atoms with Crippen LogP contribution >= 0.6 is 22.7 Å². The number of thiazole rings is 1. The maximum atomic E-state index is 12.5. The number of aromatic nitrogens is 2. The zero-order valence-corrected chi connectivity index (χ0v) is 12.3. The lowest BCUT2D eigenvalue weighted by atomic mass is 10.3. The summed E-state index contributed by atoms with van der Waals surface area (Å²) in [4.78, 5) is 21.4. The number of nitrogens with zero attached hydrogens (tertiary/aromatic N) is 3. The predicted molar refractivity (Wildman–Crippen MR) is 79.6 cm³/mol. The van der Waals surface area contributed by atoms with Crippen molar-refractivity contribution in [1.82, 2.24) is 14.3 Å². The number of hydrogen-bond donors (Lipinski definition) is 1. The molecule has 1 N–H and O–H groups in total. The van der Waals surface area contributed by atoms with Crippen LogP contribution in [0.5, 0.6) is 0 Å². The van der Waals surface area contributed by atoms with E-state index in [-0.39, 0.29) is 12.5 Å². The van der Waals surface area contributed by atoms with Crippen LogP contribution in [0.25, 0.3) is 15.3 Å². The molecular weight excluding hydrogens is 294 g/mol. The van der Waals surface area contributed by atoms with Gasteiger partial charge in [0, 0.05) is 24.2 Å². The number of hydrogen-bond acceptors (Lipinski definition) is 5. The van der Waals surface area contributed by atoms with Crippen LogP contribution in [0.3, 0.4) is 0 Å². The summed E-state index contributed by atoms with van der Waals surface area (Å²) in [5.74, 6) is 0.0218. The lowest BCUT2D eigenvalue weighted by Gasteiger charge is -2.20. The van der Waals surface area contributed by atoms with Gasteiger partial charge in [-0.1, -0.05) is 0 Å². The molecule has 1 aliphatic carbocycles. The van der Waals surface area contributed by atoms with Crippen molar-refractivity contribution in [2.24, 2.45) is 0 Å². The Morgan fingerprint density at radius 2 is 2.40 bits per heavy atom. The van der Waals surface area contributed by atoms with Crippen LogP contribution in [0.2, 0.25) is 0 Å². The van der Waals surface area contributed by atoms with Gasteiger partial charge in [-0.15, -0.1) is 22.7 Å². The van der Waals surface area contributed by atoms with E-state index in [1.165, 1.54) is 11.3 Å². The maximum Gasteiger partial charge on any atom is 0.264 e. The lowest BCUT2D eigenvalue weighted by Crippen LogP contribution is -2.35. The van der Waals surface area contributed by atoms with Crippen LogP contribution in [0.15, 0.2) is 17.6 Å². The molecule has 3 heterocycles. The average Bonchev–Trinajstić information content (AvgIpc) is 2.89. The summed E-state index contributed by atoms with van der Waals surface area (Å²) in [5, 5.41) is 11.1.